The van der Waals surface area contributed by atoms with Gasteiger partial charge in [0.2, 0.25) is 0 Å². The summed E-state index contributed by atoms with van der Waals surface area (Å²) in [6.07, 6.45) is 4.79. The lowest BCUT2D eigenvalue weighted by Crippen LogP contribution is -1.99. The molecule has 0 unspecified atom stereocenters. The number of aliphatic carboxylic acids is 1. The van der Waals surface area contributed by atoms with Crippen LogP contribution in [0.15, 0.2) is 29.2 Å². The summed E-state index contributed by atoms with van der Waals surface area (Å²) in [5, 5.41) is 8.48. The van der Waals surface area contributed by atoms with Gasteiger partial charge in [0.15, 0.2) is 0 Å². The highest BCUT2D eigenvalue weighted by molar-refractivity contribution is 7.98. The highest BCUT2D eigenvalue weighted by atomic mass is 32.2. The fourth-order valence-electron chi connectivity index (χ4n) is 1.48. The van der Waals surface area contributed by atoms with Crippen molar-refractivity contribution in [1.82, 2.24) is 0 Å². The molecule has 0 heterocycles. The predicted octanol–water partition coefficient (Wildman–Crippen LogP) is 3.43. The average Bonchev–Trinajstić information content (AvgIpc) is 2.33. The van der Waals surface area contributed by atoms with E-state index in [1.54, 1.807) is 11.8 Å². The topological polar surface area (TPSA) is 46.5 Å². The molecule has 1 aromatic rings. The molecule has 94 valence electrons. The summed E-state index contributed by atoms with van der Waals surface area (Å²) in [7, 11) is 0. The molecule has 0 saturated carbocycles. The fourth-order valence-corrected chi connectivity index (χ4v) is 2.02. The van der Waals surface area contributed by atoms with E-state index in [1.165, 1.54) is 0 Å². The van der Waals surface area contributed by atoms with Crippen molar-refractivity contribution in [2.24, 2.45) is 0 Å². The van der Waals surface area contributed by atoms with Crippen LogP contribution in [0.25, 0.3) is 0 Å². The Kier molecular flexibility index (Phi) is 6.55. The Bertz CT molecular complexity index is 352. The largest absolute Gasteiger partial charge is 0.492 e. The molecule has 0 atom stereocenters. The zero-order valence-corrected chi connectivity index (χ0v) is 10.8. The SMILES string of the molecule is CSc1ccccc1OCCCCCC(=O)O. The second-order valence-electron chi connectivity index (χ2n) is 3.70. The van der Waals surface area contributed by atoms with Gasteiger partial charge < -0.3 is 9.84 Å². The lowest BCUT2D eigenvalue weighted by molar-refractivity contribution is -0.137. The van der Waals surface area contributed by atoms with Crippen LogP contribution < -0.4 is 4.74 Å². The maximum absolute atomic E-state index is 10.3. The first-order valence-corrected chi connectivity index (χ1v) is 6.94. The maximum Gasteiger partial charge on any atom is 0.303 e. The zero-order valence-electron chi connectivity index (χ0n) is 10.0. The summed E-state index contributed by atoms with van der Waals surface area (Å²) >= 11 is 1.66. The van der Waals surface area contributed by atoms with Crippen LogP contribution in [0.1, 0.15) is 25.7 Å². The van der Waals surface area contributed by atoms with Crippen LogP contribution >= 0.6 is 11.8 Å². The number of ether oxygens (including phenoxy) is 1. The van der Waals surface area contributed by atoms with Gasteiger partial charge in [-0.25, -0.2) is 0 Å². The van der Waals surface area contributed by atoms with E-state index in [0.717, 1.165) is 29.9 Å². The van der Waals surface area contributed by atoms with Gasteiger partial charge in [0.05, 0.1) is 6.61 Å². The summed E-state index contributed by atoms with van der Waals surface area (Å²) in [6, 6.07) is 7.94. The van der Waals surface area contributed by atoms with Gasteiger partial charge in [-0.15, -0.1) is 11.8 Å². The molecule has 0 saturated heterocycles. The lowest BCUT2D eigenvalue weighted by Gasteiger charge is -2.09. The van der Waals surface area contributed by atoms with Crippen LogP contribution in [0.5, 0.6) is 5.75 Å². The summed E-state index contributed by atoms with van der Waals surface area (Å²) < 4.78 is 5.67. The molecule has 1 aromatic carbocycles. The Morgan fingerprint density at radius 1 is 1.29 bits per heavy atom. The van der Waals surface area contributed by atoms with Crippen molar-refractivity contribution in [3.8, 4) is 5.75 Å². The highest BCUT2D eigenvalue weighted by Crippen LogP contribution is 2.26. The van der Waals surface area contributed by atoms with Crippen LogP contribution in [0.4, 0.5) is 0 Å². The summed E-state index contributed by atoms with van der Waals surface area (Å²) in [6.45, 7) is 0.650. The molecule has 0 spiro atoms. The van der Waals surface area contributed by atoms with E-state index in [9.17, 15) is 4.79 Å². The van der Waals surface area contributed by atoms with Crippen molar-refractivity contribution < 1.29 is 14.6 Å². The van der Waals surface area contributed by atoms with Crippen molar-refractivity contribution in [3.05, 3.63) is 24.3 Å². The molecule has 0 bridgehead atoms. The standard InChI is InChI=1S/C13H18O3S/c1-17-12-8-5-4-7-11(12)16-10-6-2-3-9-13(14)15/h4-5,7-8H,2-3,6,9-10H2,1H3,(H,14,15). The van der Waals surface area contributed by atoms with E-state index in [1.807, 2.05) is 30.5 Å². The number of carboxylic acids is 1. The van der Waals surface area contributed by atoms with Gasteiger partial charge in [-0.2, -0.15) is 0 Å². The zero-order chi connectivity index (χ0) is 12.5. The van der Waals surface area contributed by atoms with E-state index >= 15 is 0 Å². The normalized spacial score (nSPS) is 10.2. The van der Waals surface area contributed by atoms with E-state index in [4.69, 9.17) is 9.84 Å². The first-order valence-electron chi connectivity index (χ1n) is 5.71. The van der Waals surface area contributed by atoms with Gasteiger partial charge in [0.1, 0.15) is 5.75 Å². The van der Waals surface area contributed by atoms with Gasteiger partial charge in [-0.05, 0) is 37.7 Å². The number of carbonyl (C=O) groups is 1. The van der Waals surface area contributed by atoms with Crippen LogP contribution in [-0.2, 0) is 4.79 Å². The number of para-hydroxylation sites is 1. The Morgan fingerprint density at radius 3 is 2.76 bits per heavy atom. The van der Waals surface area contributed by atoms with E-state index < -0.39 is 5.97 Å². The molecule has 0 fully saturated rings. The molecular formula is C13H18O3S. The molecule has 0 aliphatic heterocycles. The monoisotopic (exact) mass is 254 g/mol. The molecule has 1 rings (SSSR count). The number of benzene rings is 1. The second kappa shape index (κ2) is 8.01. The molecule has 0 amide bonds. The number of hydrogen-bond acceptors (Lipinski definition) is 3. The third kappa shape index (κ3) is 5.63. The number of rotatable bonds is 8. The Balaban J connectivity index is 2.19. The lowest BCUT2D eigenvalue weighted by atomic mass is 10.2. The predicted molar refractivity (Wildman–Crippen MR) is 69.8 cm³/mol. The van der Waals surface area contributed by atoms with E-state index in [-0.39, 0.29) is 6.42 Å². The van der Waals surface area contributed by atoms with Gasteiger partial charge in [0.25, 0.3) is 0 Å². The molecule has 1 N–H and O–H groups in total. The van der Waals surface area contributed by atoms with Crippen molar-refractivity contribution in [3.63, 3.8) is 0 Å². The van der Waals surface area contributed by atoms with Gasteiger partial charge in [-0.3, -0.25) is 4.79 Å². The summed E-state index contributed by atoms with van der Waals surface area (Å²) in [5.41, 5.74) is 0. The molecule has 17 heavy (non-hydrogen) atoms. The summed E-state index contributed by atoms with van der Waals surface area (Å²) in [5.74, 6) is 0.192. The first kappa shape index (κ1) is 13.9. The molecule has 0 radical (unpaired) electrons. The van der Waals surface area contributed by atoms with Crippen LogP contribution in [0, 0.1) is 0 Å². The Hall–Kier alpha value is -1.16. The first-order chi connectivity index (χ1) is 8.24. The fraction of sp³-hybridized carbons (Fsp3) is 0.462. The quantitative estimate of drug-likeness (QED) is 0.570. The van der Waals surface area contributed by atoms with Crippen molar-refractivity contribution in [2.75, 3.05) is 12.9 Å². The Labute approximate surface area is 106 Å². The van der Waals surface area contributed by atoms with E-state index in [2.05, 4.69) is 0 Å². The van der Waals surface area contributed by atoms with E-state index in [0.29, 0.717) is 6.61 Å². The van der Waals surface area contributed by atoms with Crippen molar-refractivity contribution in [1.29, 1.82) is 0 Å². The van der Waals surface area contributed by atoms with Gasteiger partial charge >= 0.3 is 5.97 Å². The minimum atomic E-state index is -0.723. The molecule has 0 aliphatic carbocycles. The van der Waals surface area contributed by atoms with Crippen LogP contribution in [-0.4, -0.2) is 23.9 Å². The molecule has 0 aromatic heterocycles. The van der Waals surface area contributed by atoms with Crippen molar-refractivity contribution in [2.45, 2.75) is 30.6 Å². The third-order valence-electron chi connectivity index (χ3n) is 2.36. The number of thioether (sulfide) groups is 1. The Morgan fingerprint density at radius 2 is 2.06 bits per heavy atom. The average molecular weight is 254 g/mol. The van der Waals surface area contributed by atoms with Gasteiger partial charge in [0, 0.05) is 11.3 Å². The number of carboxylic acid groups (broad SMARTS) is 1. The number of hydrogen-bond donors (Lipinski definition) is 1. The van der Waals surface area contributed by atoms with Gasteiger partial charge in [-0.1, -0.05) is 12.1 Å². The number of unbranched alkanes of at least 4 members (excludes halogenated alkanes) is 2. The van der Waals surface area contributed by atoms with Crippen molar-refractivity contribution >= 4 is 17.7 Å². The molecule has 4 heteroatoms. The highest BCUT2D eigenvalue weighted by Gasteiger charge is 2.01. The minimum absolute atomic E-state index is 0.251. The minimum Gasteiger partial charge on any atom is -0.492 e. The molecule has 3 nitrogen and oxygen atoms in total. The smallest absolute Gasteiger partial charge is 0.303 e. The second-order valence-corrected chi connectivity index (χ2v) is 4.55. The summed E-state index contributed by atoms with van der Waals surface area (Å²) in [4.78, 5) is 11.4. The van der Waals surface area contributed by atoms with Crippen LogP contribution in [0.2, 0.25) is 0 Å². The van der Waals surface area contributed by atoms with Crippen LogP contribution in [0.3, 0.4) is 0 Å². The maximum atomic E-state index is 10.3. The third-order valence-corrected chi connectivity index (χ3v) is 3.14. The molecule has 0 aliphatic rings. The molecular weight excluding hydrogens is 236 g/mol.